The van der Waals surface area contributed by atoms with Crippen LogP contribution in [-0.2, 0) is 27.2 Å². The summed E-state index contributed by atoms with van der Waals surface area (Å²) in [5.74, 6) is -0.617. The number of aromatic nitrogens is 1. The largest absolute Gasteiger partial charge is 0.481 e. The van der Waals surface area contributed by atoms with Crippen molar-refractivity contribution >= 4 is 17.6 Å². The number of ether oxygens (including phenoxy) is 2. The maximum Gasteiger partial charge on any atom is 0.328 e. The first-order valence-electron chi connectivity index (χ1n) is 8.02. The Morgan fingerprint density at radius 1 is 1.22 bits per heavy atom. The molecular weight excluding hydrogens is 354 g/mol. The van der Waals surface area contributed by atoms with Gasteiger partial charge in [-0.25, -0.2) is 9.78 Å². The van der Waals surface area contributed by atoms with Gasteiger partial charge in [0, 0.05) is 30.8 Å². The number of nitro groups is 1. The molecule has 0 saturated heterocycles. The lowest BCUT2D eigenvalue weighted by molar-refractivity contribution is -0.384. The number of nitrogens with zero attached hydrogens (tertiary/aromatic N) is 2. The molecule has 1 heterocycles. The van der Waals surface area contributed by atoms with Gasteiger partial charge in [-0.05, 0) is 11.1 Å². The number of benzene rings is 1. The van der Waals surface area contributed by atoms with Crippen molar-refractivity contribution in [3.05, 3.63) is 63.8 Å². The molecule has 142 valence electrons. The van der Waals surface area contributed by atoms with Crippen LogP contribution < -0.4 is 10.1 Å². The Hall–Kier alpha value is -3.49. The quantitative estimate of drug-likeness (QED) is 0.422. The summed E-state index contributed by atoms with van der Waals surface area (Å²) < 4.78 is 9.72. The molecule has 0 bridgehead atoms. The number of carbonyl (C=O) groups is 2. The van der Waals surface area contributed by atoms with Gasteiger partial charge in [0.25, 0.3) is 5.69 Å². The standard InChI is InChI=1S/C18H19N3O6/c1-26-17-7-6-13(11-19-17)9-15(18(23)27-2)20-16(22)10-12-4-3-5-14(8-12)21(24)25/h3-8,11,15H,9-10H2,1-2H3,(H,20,22)/t15-/m0/s1. The van der Waals surface area contributed by atoms with E-state index in [4.69, 9.17) is 9.47 Å². The number of carbonyl (C=O) groups excluding carboxylic acids is 2. The molecule has 0 saturated carbocycles. The minimum Gasteiger partial charge on any atom is -0.481 e. The summed E-state index contributed by atoms with van der Waals surface area (Å²) >= 11 is 0. The summed E-state index contributed by atoms with van der Waals surface area (Å²) in [6.07, 6.45) is 1.63. The van der Waals surface area contributed by atoms with Crippen molar-refractivity contribution in [1.29, 1.82) is 0 Å². The Balaban J connectivity index is 2.06. The van der Waals surface area contributed by atoms with E-state index < -0.39 is 22.8 Å². The van der Waals surface area contributed by atoms with E-state index in [1.54, 1.807) is 24.4 Å². The van der Waals surface area contributed by atoms with Crippen LogP contribution in [-0.4, -0.2) is 42.0 Å². The molecule has 9 heteroatoms. The van der Waals surface area contributed by atoms with Crippen LogP contribution in [0.15, 0.2) is 42.6 Å². The highest BCUT2D eigenvalue weighted by Crippen LogP contribution is 2.14. The number of amides is 1. The normalized spacial score (nSPS) is 11.3. The van der Waals surface area contributed by atoms with E-state index in [-0.39, 0.29) is 18.5 Å². The molecule has 1 aromatic carbocycles. The Labute approximate surface area is 155 Å². The Bertz CT molecular complexity index is 822. The first kappa shape index (κ1) is 19.8. The lowest BCUT2D eigenvalue weighted by Gasteiger charge is -2.16. The molecule has 0 radical (unpaired) electrons. The summed E-state index contributed by atoms with van der Waals surface area (Å²) in [5.41, 5.74) is 1.08. The zero-order valence-electron chi connectivity index (χ0n) is 14.9. The Morgan fingerprint density at radius 3 is 2.59 bits per heavy atom. The number of pyridine rings is 1. The van der Waals surface area contributed by atoms with Crippen molar-refractivity contribution in [2.45, 2.75) is 18.9 Å². The van der Waals surface area contributed by atoms with Crippen LogP contribution in [0.4, 0.5) is 5.69 Å². The first-order valence-corrected chi connectivity index (χ1v) is 8.02. The molecule has 1 N–H and O–H groups in total. The molecular formula is C18H19N3O6. The van der Waals surface area contributed by atoms with Gasteiger partial charge < -0.3 is 14.8 Å². The summed E-state index contributed by atoms with van der Waals surface area (Å²) in [4.78, 5) is 38.6. The lowest BCUT2D eigenvalue weighted by Crippen LogP contribution is -2.43. The second-order valence-corrected chi connectivity index (χ2v) is 5.66. The molecule has 0 fully saturated rings. The lowest BCUT2D eigenvalue weighted by atomic mass is 10.1. The highest BCUT2D eigenvalue weighted by molar-refractivity contribution is 5.85. The average Bonchev–Trinajstić information content (AvgIpc) is 2.67. The van der Waals surface area contributed by atoms with Crippen LogP contribution >= 0.6 is 0 Å². The molecule has 0 aliphatic heterocycles. The van der Waals surface area contributed by atoms with E-state index in [0.717, 1.165) is 0 Å². The fraction of sp³-hybridized carbons (Fsp3) is 0.278. The van der Waals surface area contributed by atoms with Crippen molar-refractivity contribution in [1.82, 2.24) is 10.3 Å². The SMILES string of the molecule is COC(=O)[C@H](Cc1ccc(OC)nc1)NC(=O)Cc1cccc([N+](=O)[O-])c1. The van der Waals surface area contributed by atoms with E-state index in [9.17, 15) is 19.7 Å². The number of methoxy groups -OCH3 is 2. The van der Waals surface area contributed by atoms with E-state index in [2.05, 4.69) is 10.3 Å². The van der Waals surface area contributed by atoms with Gasteiger partial charge in [-0.3, -0.25) is 14.9 Å². The van der Waals surface area contributed by atoms with Crippen molar-refractivity contribution in [3.63, 3.8) is 0 Å². The van der Waals surface area contributed by atoms with Crippen molar-refractivity contribution in [3.8, 4) is 5.88 Å². The van der Waals surface area contributed by atoms with Crippen LogP contribution in [0.5, 0.6) is 5.88 Å². The number of nitrogens with one attached hydrogen (secondary N) is 1. The summed E-state index contributed by atoms with van der Waals surface area (Å²) in [5, 5.41) is 13.4. The van der Waals surface area contributed by atoms with Crippen LogP contribution in [0, 0.1) is 10.1 Å². The number of hydrogen-bond acceptors (Lipinski definition) is 7. The van der Waals surface area contributed by atoms with Gasteiger partial charge in [-0.2, -0.15) is 0 Å². The van der Waals surface area contributed by atoms with Gasteiger partial charge in [-0.15, -0.1) is 0 Å². The molecule has 0 aliphatic rings. The van der Waals surface area contributed by atoms with Gasteiger partial charge in [0.05, 0.1) is 25.6 Å². The van der Waals surface area contributed by atoms with Crippen molar-refractivity contribution in [2.75, 3.05) is 14.2 Å². The van der Waals surface area contributed by atoms with Crippen LogP contribution in [0.3, 0.4) is 0 Å². The summed E-state index contributed by atoms with van der Waals surface area (Å²) in [6, 6.07) is 8.24. The van der Waals surface area contributed by atoms with Crippen molar-refractivity contribution in [2.24, 2.45) is 0 Å². The van der Waals surface area contributed by atoms with Gasteiger partial charge in [0.2, 0.25) is 11.8 Å². The van der Waals surface area contributed by atoms with Gasteiger partial charge >= 0.3 is 5.97 Å². The van der Waals surface area contributed by atoms with Crippen LogP contribution in [0.1, 0.15) is 11.1 Å². The molecule has 2 rings (SSSR count). The molecule has 1 amide bonds. The highest BCUT2D eigenvalue weighted by Gasteiger charge is 2.22. The molecule has 0 spiro atoms. The maximum absolute atomic E-state index is 12.3. The number of nitro benzene ring substituents is 1. The molecule has 2 aromatic rings. The molecule has 0 aliphatic carbocycles. The maximum atomic E-state index is 12.3. The molecule has 1 atom stereocenters. The number of hydrogen-bond donors (Lipinski definition) is 1. The van der Waals surface area contributed by atoms with Crippen LogP contribution in [0.25, 0.3) is 0 Å². The first-order chi connectivity index (χ1) is 12.9. The molecule has 0 unspecified atom stereocenters. The average molecular weight is 373 g/mol. The summed E-state index contributed by atoms with van der Waals surface area (Å²) in [6.45, 7) is 0. The van der Waals surface area contributed by atoms with E-state index in [0.29, 0.717) is 17.0 Å². The third-order valence-electron chi connectivity index (χ3n) is 3.75. The highest BCUT2D eigenvalue weighted by atomic mass is 16.6. The zero-order valence-corrected chi connectivity index (χ0v) is 14.9. The Morgan fingerprint density at radius 2 is 2.00 bits per heavy atom. The van der Waals surface area contributed by atoms with E-state index in [1.807, 2.05) is 0 Å². The fourth-order valence-corrected chi connectivity index (χ4v) is 2.43. The predicted octanol–water partition coefficient (Wildman–Crippen LogP) is 1.44. The zero-order chi connectivity index (χ0) is 19.8. The van der Waals surface area contributed by atoms with E-state index >= 15 is 0 Å². The molecule has 9 nitrogen and oxygen atoms in total. The Kier molecular flexibility index (Phi) is 6.81. The minimum absolute atomic E-state index is 0.101. The van der Waals surface area contributed by atoms with Gasteiger partial charge in [0.15, 0.2) is 0 Å². The second kappa shape index (κ2) is 9.27. The third-order valence-corrected chi connectivity index (χ3v) is 3.75. The molecule has 1 aromatic heterocycles. The smallest absolute Gasteiger partial charge is 0.328 e. The predicted molar refractivity (Wildman–Crippen MR) is 95.2 cm³/mol. The van der Waals surface area contributed by atoms with E-state index in [1.165, 1.54) is 32.4 Å². The van der Waals surface area contributed by atoms with Crippen LogP contribution in [0.2, 0.25) is 0 Å². The monoisotopic (exact) mass is 373 g/mol. The third kappa shape index (κ3) is 5.77. The second-order valence-electron chi connectivity index (χ2n) is 5.66. The van der Waals surface area contributed by atoms with Gasteiger partial charge in [0.1, 0.15) is 6.04 Å². The van der Waals surface area contributed by atoms with Crippen molar-refractivity contribution < 1.29 is 24.0 Å². The number of non-ortho nitro benzene ring substituents is 1. The summed E-state index contributed by atoms with van der Waals surface area (Å²) in [7, 11) is 2.72. The molecule has 27 heavy (non-hydrogen) atoms. The number of esters is 1. The topological polar surface area (TPSA) is 121 Å². The van der Waals surface area contributed by atoms with Gasteiger partial charge in [-0.1, -0.05) is 18.2 Å². The fourth-order valence-electron chi connectivity index (χ4n) is 2.43. The minimum atomic E-state index is -0.906. The number of rotatable bonds is 8.